The fraction of sp³-hybridized carbons (Fsp3) is 0.231. The number of pyridine rings is 1. The Kier molecular flexibility index (Phi) is 5.24. The van der Waals surface area contributed by atoms with E-state index in [0.29, 0.717) is 17.4 Å². The van der Waals surface area contributed by atoms with E-state index in [4.69, 9.17) is 16.3 Å². The summed E-state index contributed by atoms with van der Waals surface area (Å²) in [6.07, 6.45) is 1.58. The number of esters is 1. The third-order valence-electron chi connectivity index (χ3n) is 2.41. The smallest absolute Gasteiger partial charge is 0.311 e. The number of halogens is 1. The summed E-state index contributed by atoms with van der Waals surface area (Å²) in [5, 5.41) is 4.82. The third-order valence-corrected chi connectivity index (χ3v) is 3.51. The normalized spacial score (nSPS) is 10.2. The molecule has 2 heterocycles. The molecule has 0 aliphatic carbocycles. The second-order valence-corrected chi connectivity index (χ2v) is 5.14. The summed E-state index contributed by atoms with van der Waals surface area (Å²) in [6.45, 7) is 2.06. The molecule has 0 fully saturated rings. The van der Waals surface area contributed by atoms with Gasteiger partial charge in [0.05, 0.1) is 24.3 Å². The fourth-order valence-electron chi connectivity index (χ4n) is 1.53. The number of rotatable bonds is 5. The van der Waals surface area contributed by atoms with Gasteiger partial charge in [-0.3, -0.25) is 14.9 Å². The maximum atomic E-state index is 12.0. The van der Waals surface area contributed by atoms with Crippen LogP contribution in [0.5, 0.6) is 0 Å². The molecule has 0 atom stereocenters. The van der Waals surface area contributed by atoms with Crippen LogP contribution in [0, 0.1) is 0 Å². The lowest BCUT2D eigenvalue weighted by atomic mass is 10.3. The first kappa shape index (κ1) is 15.4. The Morgan fingerprint density at radius 3 is 3.00 bits per heavy atom. The summed E-state index contributed by atoms with van der Waals surface area (Å²) >= 11 is 7.07. The van der Waals surface area contributed by atoms with Crippen LogP contribution < -0.4 is 5.32 Å². The number of nitrogens with one attached hydrogen (secondary N) is 1. The van der Waals surface area contributed by atoms with Crippen LogP contribution in [0.25, 0.3) is 0 Å². The molecule has 0 spiro atoms. The van der Waals surface area contributed by atoms with Crippen molar-refractivity contribution in [2.75, 3.05) is 11.9 Å². The maximum Gasteiger partial charge on any atom is 0.311 e. The molecule has 1 amide bonds. The third kappa shape index (κ3) is 4.24. The first-order chi connectivity index (χ1) is 10.1. The van der Waals surface area contributed by atoms with Crippen molar-refractivity contribution in [3.8, 4) is 0 Å². The van der Waals surface area contributed by atoms with Gasteiger partial charge in [-0.1, -0.05) is 11.6 Å². The lowest BCUT2D eigenvalue weighted by Gasteiger charge is -2.02. The predicted octanol–water partition coefficient (Wildman–Crippen LogP) is 2.55. The Morgan fingerprint density at radius 2 is 2.29 bits per heavy atom. The van der Waals surface area contributed by atoms with E-state index < -0.39 is 5.91 Å². The van der Waals surface area contributed by atoms with E-state index in [0.717, 1.165) is 0 Å². The summed E-state index contributed by atoms with van der Waals surface area (Å²) in [5.74, 6) is -0.749. The van der Waals surface area contributed by atoms with Gasteiger partial charge in [-0.15, -0.1) is 11.3 Å². The van der Waals surface area contributed by atoms with Gasteiger partial charge in [-0.25, -0.2) is 9.97 Å². The molecular weight excluding hydrogens is 314 g/mol. The number of nitrogens with zero attached hydrogens (tertiary/aromatic N) is 2. The minimum Gasteiger partial charge on any atom is -0.466 e. The fourth-order valence-corrected chi connectivity index (χ4v) is 2.44. The zero-order chi connectivity index (χ0) is 15.2. The highest BCUT2D eigenvalue weighted by Crippen LogP contribution is 2.19. The van der Waals surface area contributed by atoms with Crippen molar-refractivity contribution < 1.29 is 14.3 Å². The Morgan fingerprint density at radius 1 is 1.48 bits per heavy atom. The number of aromatic nitrogens is 2. The number of carbonyl (C=O) groups is 2. The van der Waals surface area contributed by atoms with Gasteiger partial charge >= 0.3 is 5.97 Å². The molecule has 0 saturated carbocycles. The van der Waals surface area contributed by atoms with E-state index in [1.165, 1.54) is 17.5 Å². The molecule has 2 aromatic heterocycles. The van der Waals surface area contributed by atoms with Crippen molar-refractivity contribution in [3.63, 3.8) is 0 Å². The van der Waals surface area contributed by atoms with E-state index in [1.54, 1.807) is 24.4 Å². The molecule has 0 aliphatic rings. The summed E-state index contributed by atoms with van der Waals surface area (Å²) in [5.41, 5.74) is 0.812. The van der Waals surface area contributed by atoms with E-state index in [-0.39, 0.29) is 23.1 Å². The van der Waals surface area contributed by atoms with Crippen LogP contribution in [0.1, 0.15) is 23.0 Å². The van der Waals surface area contributed by atoms with Crippen LogP contribution in [-0.2, 0) is 16.0 Å². The lowest BCUT2D eigenvalue weighted by molar-refractivity contribution is -0.142. The topological polar surface area (TPSA) is 81.2 Å². The second kappa shape index (κ2) is 7.14. The second-order valence-electron chi connectivity index (χ2n) is 3.92. The number of anilines is 1. The van der Waals surface area contributed by atoms with Crippen LogP contribution in [-0.4, -0.2) is 28.5 Å². The highest BCUT2D eigenvalue weighted by Gasteiger charge is 2.14. The van der Waals surface area contributed by atoms with E-state index in [2.05, 4.69) is 15.3 Å². The molecule has 6 nitrogen and oxygen atoms in total. The van der Waals surface area contributed by atoms with Gasteiger partial charge in [0.25, 0.3) is 5.91 Å². The lowest BCUT2D eigenvalue weighted by Crippen LogP contribution is -2.13. The average Bonchev–Trinajstić information content (AvgIpc) is 2.86. The predicted molar refractivity (Wildman–Crippen MR) is 79.7 cm³/mol. The number of hydrogen-bond acceptors (Lipinski definition) is 6. The molecule has 0 bridgehead atoms. The zero-order valence-corrected chi connectivity index (χ0v) is 12.7. The molecule has 0 saturated heterocycles. The molecule has 1 N–H and O–H groups in total. The maximum absolute atomic E-state index is 12.0. The molecule has 0 aromatic carbocycles. The summed E-state index contributed by atoms with van der Waals surface area (Å²) < 4.78 is 4.83. The number of thiazole rings is 1. The van der Waals surface area contributed by atoms with Crippen molar-refractivity contribution in [2.45, 2.75) is 13.3 Å². The quantitative estimate of drug-likeness (QED) is 0.675. The average molecular weight is 326 g/mol. The number of ether oxygens (including phenoxy) is 1. The molecular formula is C13H12ClN3O3S. The molecule has 0 radical (unpaired) electrons. The largest absolute Gasteiger partial charge is 0.466 e. The van der Waals surface area contributed by atoms with Gasteiger partial charge in [-0.2, -0.15) is 0 Å². The van der Waals surface area contributed by atoms with Crippen LogP contribution in [0.4, 0.5) is 5.13 Å². The molecule has 0 aliphatic heterocycles. The number of amides is 1. The Bertz CT molecular complexity index is 660. The molecule has 21 heavy (non-hydrogen) atoms. The van der Waals surface area contributed by atoms with Gasteiger partial charge in [0.1, 0.15) is 5.15 Å². The van der Waals surface area contributed by atoms with Gasteiger partial charge in [0.15, 0.2) is 5.13 Å². The Hall–Kier alpha value is -1.99. The van der Waals surface area contributed by atoms with E-state index in [9.17, 15) is 9.59 Å². The first-order valence-corrected chi connectivity index (χ1v) is 7.37. The van der Waals surface area contributed by atoms with Crippen molar-refractivity contribution in [1.82, 2.24) is 9.97 Å². The summed E-state index contributed by atoms with van der Waals surface area (Å²) in [4.78, 5) is 31.3. The SMILES string of the molecule is CCOC(=O)Cc1csc(NC(=O)c2cccnc2Cl)n1. The Labute approximate surface area is 130 Å². The van der Waals surface area contributed by atoms with Gasteiger partial charge in [-0.05, 0) is 19.1 Å². The summed E-state index contributed by atoms with van der Waals surface area (Å²) in [7, 11) is 0. The zero-order valence-electron chi connectivity index (χ0n) is 11.1. The highest BCUT2D eigenvalue weighted by atomic mass is 35.5. The molecule has 0 unspecified atom stereocenters. The van der Waals surface area contributed by atoms with E-state index >= 15 is 0 Å². The minimum absolute atomic E-state index is 0.0772. The van der Waals surface area contributed by atoms with Crippen molar-refractivity contribution in [1.29, 1.82) is 0 Å². The van der Waals surface area contributed by atoms with Gasteiger partial charge in [0.2, 0.25) is 0 Å². The summed E-state index contributed by atoms with van der Waals surface area (Å²) in [6, 6.07) is 3.19. The van der Waals surface area contributed by atoms with Crippen LogP contribution in [0.3, 0.4) is 0 Å². The highest BCUT2D eigenvalue weighted by molar-refractivity contribution is 7.14. The Balaban J connectivity index is 2.01. The van der Waals surface area contributed by atoms with Gasteiger partial charge in [0, 0.05) is 11.6 Å². The van der Waals surface area contributed by atoms with Crippen molar-refractivity contribution >= 4 is 39.9 Å². The van der Waals surface area contributed by atoms with Gasteiger partial charge < -0.3 is 4.74 Å². The van der Waals surface area contributed by atoms with Crippen LogP contribution >= 0.6 is 22.9 Å². The van der Waals surface area contributed by atoms with Crippen molar-refractivity contribution in [2.24, 2.45) is 0 Å². The molecule has 2 rings (SSSR count). The monoisotopic (exact) mass is 325 g/mol. The number of hydrogen-bond donors (Lipinski definition) is 1. The molecule has 110 valence electrons. The first-order valence-electron chi connectivity index (χ1n) is 6.12. The van der Waals surface area contributed by atoms with Crippen molar-refractivity contribution in [3.05, 3.63) is 40.1 Å². The minimum atomic E-state index is -0.398. The van der Waals surface area contributed by atoms with Crippen LogP contribution in [0.15, 0.2) is 23.7 Å². The molecule has 2 aromatic rings. The standard InChI is InChI=1S/C13H12ClN3O3S/c1-2-20-10(18)6-8-7-21-13(16-8)17-12(19)9-4-3-5-15-11(9)14/h3-5,7H,2,6H2,1H3,(H,16,17,19). The van der Waals surface area contributed by atoms with Crippen LogP contribution in [0.2, 0.25) is 5.15 Å². The molecule has 8 heteroatoms. The number of carbonyl (C=O) groups excluding carboxylic acids is 2. The van der Waals surface area contributed by atoms with E-state index in [1.807, 2.05) is 0 Å².